The molecule has 1 saturated heterocycles. The van der Waals surface area contributed by atoms with E-state index in [0.717, 1.165) is 16.7 Å². The summed E-state index contributed by atoms with van der Waals surface area (Å²) in [5, 5.41) is 37.6. The predicted molar refractivity (Wildman–Crippen MR) is 94.8 cm³/mol. The van der Waals surface area contributed by atoms with Crippen LogP contribution in [0.25, 0.3) is 0 Å². The van der Waals surface area contributed by atoms with Crippen molar-refractivity contribution in [3.63, 3.8) is 0 Å². The van der Waals surface area contributed by atoms with E-state index in [-0.39, 0.29) is 36.6 Å². The van der Waals surface area contributed by atoms with Gasteiger partial charge in [0, 0.05) is 5.15 Å². The van der Waals surface area contributed by atoms with Gasteiger partial charge in [0.1, 0.15) is 23.7 Å². The maximum Gasteiger partial charge on any atom is 0.465 e. The largest absolute Gasteiger partial charge is 0.507 e. The molecule has 0 unspecified atom stereocenters. The molecule has 10 nitrogen and oxygen atoms in total. The molecule has 0 saturated carbocycles. The van der Waals surface area contributed by atoms with Crippen LogP contribution in [0.1, 0.15) is 15.9 Å². The fourth-order valence-electron chi connectivity index (χ4n) is 2.50. The number of carboxylic acids is 1. The number of phenols is 1. The summed E-state index contributed by atoms with van der Waals surface area (Å²) in [6, 6.07) is 2.74. The van der Waals surface area contributed by atoms with Crippen molar-refractivity contribution >= 4 is 36.9 Å². The maximum absolute atomic E-state index is 12.0. The van der Waals surface area contributed by atoms with E-state index in [1.54, 1.807) is 0 Å². The average Bonchev–Trinajstić information content (AvgIpc) is 3.04. The van der Waals surface area contributed by atoms with Crippen molar-refractivity contribution in [3.8, 4) is 11.5 Å². The molecule has 2 rings (SSSR count). The molecule has 1 aromatic carbocycles. The Morgan fingerprint density at radius 3 is 2.63 bits per heavy atom. The molecule has 1 aliphatic heterocycles. The molecule has 0 bridgehead atoms. The monoisotopic (exact) mass is 399 g/mol. The van der Waals surface area contributed by atoms with Gasteiger partial charge in [-0.3, -0.25) is 4.79 Å². The number of amides is 2. The second-order valence-corrected chi connectivity index (χ2v) is 6.81. The summed E-state index contributed by atoms with van der Waals surface area (Å²) in [5.41, 5.74) is -0.297. The summed E-state index contributed by atoms with van der Waals surface area (Å²) in [4.78, 5) is 35.6. The zero-order valence-electron chi connectivity index (χ0n) is 14.3. The van der Waals surface area contributed by atoms with E-state index in [1.807, 2.05) is 0 Å². The second kappa shape index (κ2) is 8.97. The molecule has 1 fully saturated rings. The molecule has 2 amide bonds. The molecule has 1 aromatic rings. The smallest absolute Gasteiger partial charge is 0.465 e. The molecule has 146 valence electrons. The van der Waals surface area contributed by atoms with Crippen LogP contribution in [0.2, 0.25) is 0 Å². The summed E-state index contributed by atoms with van der Waals surface area (Å²) in [6.07, 6.45) is -0.878. The first kappa shape index (κ1) is 20.9. The van der Waals surface area contributed by atoms with Gasteiger partial charge in [-0.05, 0) is 18.1 Å². The van der Waals surface area contributed by atoms with E-state index < -0.39 is 41.6 Å². The number of rotatable bonds is 8. The van der Waals surface area contributed by atoms with Crippen LogP contribution in [0.15, 0.2) is 12.1 Å². The van der Waals surface area contributed by atoms with Gasteiger partial charge in [-0.1, -0.05) is 6.07 Å². The number of benzene rings is 1. The number of carbonyl (C=O) groups is 3. The first-order valence-corrected chi connectivity index (χ1v) is 8.88. The maximum atomic E-state index is 12.0. The lowest BCUT2D eigenvalue weighted by molar-refractivity contribution is -0.125. The van der Waals surface area contributed by atoms with E-state index in [2.05, 4.69) is 4.74 Å². The SMILES string of the molecule is COc1ccc(C[C@H](SCC(=O)N2CCOC2=O)B(O)O)c(O)c1C(=O)O. The van der Waals surface area contributed by atoms with Gasteiger partial charge in [0.05, 0.1) is 19.4 Å². The first-order chi connectivity index (χ1) is 12.8. The number of aromatic carboxylic acids is 1. The number of nitrogens with zero attached hydrogens (tertiary/aromatic N) is 1. The molecule has 1 atom stereocenters. The molecular weight excluding hydrogens is 381 g/mol. The predicted octanol–water partition coefficient (Wildman–Crippen LogP) is -0.266. The minimum Gasteiger partial charge on any atom is -0.507 e. The lowest BCUT2D eigenvalue weighted by atomic mass is 9.81. The summed E-state index contributed by atoms with van der Waals surface area (Å²) in [7, 11) is -0.588. The van der Waals surface area contributed by atoms with Crippen molar-refractivity contribution in [1.29, 1.82) is 0 Å². The van der Waals surface area contributed by atoms with Crippen molar-refractivity contribution in [2.45, 2.75) is 11.6 Å². The number of imide groups is 1. The minimum atomic E-state index is -1.84. The quantitative estimate of drug-likeness (QED) is 0.430. The Hall–Kier alpha value is -2.44. The highest BCUT2D eigenvalue weighted by Crippen LogP contribution is 2.33. The van der Waals surface area contributed by atoms with Crippen molar-refractivity contribution < 1.29 is 44.1 Å². The highest BCUT2D eigenvalue weighted by Gasteiger charge is 2.32. The molecule has 12 heteroatoms. The normalized spacial score (nSPS) is 14.6. The number of hydrogen-bond donors (Lipinski definition) is 4. The summed E-state index contributed by atoms with van der Waals surface area (Å²) >= 11 is 0.866. The van der Waals surface area contributed by atoms with Gasteiger partial charge in [0.2, 0.25) is 5.91 Å². The number of carbonyl (C=O) groups excluding carboxylic acids is 2. The third kappa shape index (κ3) is 4.84. The van der Waals surface area contributed by atoms with Crippen LogP contribution in [0.4, 0.5) is 4.79 Å². The number of carboxylic acid groups (broad SMARTS) is 1. The number of hydrogen-bond acceptors (Lipinski definition) is 9. The lowest BCUT2D eigenvalue weighted by Crippen LogP contribution is -2.36. The van der Waals surface area contributed by atoms with Crippen LogP contribution in [0.5, 0.6) is 11.5 Å². The van der Waals surface area contributed by atoms with Gasteiger partial charge in [0.25, 0.3) is 0 Å². The van der Waals surface area contributed by atoms with Crippen LogP contribution in [0, 0.1) is 0 Å². The molecule has 4 N–H and O–H groups in total. The molecule has 0 spiro atoms. The summed E-state index contributed by atoms with van der Waals surface area (Å²) < 4.78 is 9.57. The zero-order chi connectivity index (χ0) is 20.1. The Kier molecular flexibility index (Phi) is 6.94. The first-order valence-electron chi connectivity index (χ1n) is 7.83. The Morgan fingerprint density at radius 2 is 2.11 bits per heavy atom. The molecule has 0 radical (unpaired) electrons. The molecule has 27 heavy (non-hydrogen) atoms. The van der Waals surface area contributed by atoms with Crippen molar-refractivity contribution in [2.24, 2.45) is 0 Å². The summed E-state index contributed by atoms with van der Waals surface area (Å²) in [5.74, 6) is -2.76. The number of aromatic hydroxyl groups is 1. The highest BCUT2D eigenvalue weighted by molar-refractivity contribution is 8.01. The van der Waals surface area contributed by atoms with Gasteiger partial charge in [0.15, 0.2) is 0 Å². The van der Waals surface area contributed by atoms with E-state index in [4.69, 9.17) is 4.74 Å². The van der Waals surface area contributed by atoms with E-state index in [0.29, 0.717) is 0 Å². The van der Waals surface area contributed by atoms with Crippen LogP contribution in [0.3, 0.4) is 0 Å². The number of ether oxygens (including phenoxy) is 2. The zero-order valence-corrected chi connectivity index (χ0v) is 15.1. The van der Waals surface area contributed by atoms with E-state index in [9.17, 15) is 34.6 Å². The third-order valence-corrected chi connectivity index (χ3v) is 5.15. The Bertz CT molecular complexity index is 742. The van der Waals surface area contributed by atoms with Crippen molar-refractivity contribution in [1.82, 2.24) is 4.90 Å². The van der Waals surface area contributed by atoms with Crippen LogP contribution >= 0.6 is 11.8 Å². The highest BCUT2D eigenvalue weighted by atomic mass is 32.2. The number of methoxy groups -OCH3 is 1. The third-order valence-electron chi connectivity index (χ3n) is 3.89. The van der Waals surface area contributed by atoms with Gasteiger partial charge >= 0.3 is 19.2 Å². The van der Waals surface area contributed by atoms with E-state index >= 15 is 0 Å². The molecule has 0 aromatic heterocycles. The Labute approximate surface area is 158 Å². The van der Waals surface area contributed by atoms with Gasteiger partial charge < -0.3 is 29.7 Å². The molecule has 1 aliphatic rings. The van der Waals surface area contributed by atoms with Crippen LogP contribution in [-0.2, 0) is 16.0 Å². The summed E-state index contributed by atoms with van der Waals surface area (Å²) in [6.45, 7) is 0.241. The molecular formula is C15H18BNO9S. The second-order valence-electron chi connectivity index (χ2n) is 5.58. The van der Waals surface area contributed by atoms with Crippen molar-refractivity contribution in [3.05, 3.63) is 23.3 Å². The lowest BCUT2D eigenvalue weighted by Gasteiger charge is -2.18. The number of thioether (sulfide) groups is 1. The Balaban J connectivity index is 2.12. The van der Waals surface area contributed by atoms with Gasteiger partial charge in [-0.15, -0.1) is 0 Å². The fourth-order valence-corrected chi connectivity index (χ4v) is 3.48. The van der Waals surface area contributed by atoms with Crippen molar-refractivity contribution in [2.75, 3.05) is 26.0 Å². The van der Waals surface area contributed by atoms with Gasteiger partial charge in [-0.25, -0.2) is 14.5 Å². The van der Waals surface area contributed by atoms with E-state index in [1.165, 1.54) is 19.2 Å². The standard InChI is InChI=1S/C15H18BNO9S/c1-25-9-3-2-8(13(19)12(9)14(20)21)6-10(16(23)24)27-7-11(18)17-4-5-26-15(17)22/h2-3,10,19,23-24H,4-7H2,1H3,(H,20,21)/t10-/m0/s1. The Morgan fingerprint density at radius 1 is 1.41 bits per heavy atom. The van der Waals surface area contributed by atoms with Gasteiger partial charge in [-0.2, -0.15) is 11.8 Å². The van der Waals surface area contributed by atoms with Crippen LogP contribution in [-0.4, -0.2) is 81.4 Å². The number of cyclic esters (lactones) is 1. The van der Waals surface area contributed by atoms with Crippen LogP contribution < -0.4 is 4.74 Å². The minimum absolute atomic E-state index is 0.0415. The fraction of sp³-hybridized carbons (Fsp3) is 0.400. The topological polar surface area (TPSA) is 154 Å². The average molecular weight is 399 g/mol. The molecule has 1 heterocycles. The molecule has 0 aliphatic carbocycles.